The van der Waals surface area contributed by atoms with E-state index in [1.54, 1.807) is 0 Å². The Hall–Kier alpha value is -2.09. The molecule has 1 amide bonds. The molecule has 96 valence electrons. The van der Waals surface area contributed by atoms with Crippen LogP contribution in [-0.2, 0) is 4.79 Å². The molecule has 3 rings (SSSR count). The van der Waals surface area contributed by atoms with Crippen molar-refractivity contribution in [2.75, 3.05) is 0 Å². The first kappa shape index (κ1) is 12.0. The van der Waals surface area contributed by atoms with E-state index in [0.717, 1.165) is 6.42 Å². The summed E-state index contributed by atoms with van der Waals surface area (Å²) in [7, 11) is 0. The molecule has 1 N–H and O–H groups in total. The third kappa shape index (κ3) is 2.53. The predicted octanol–water partition coefficient (Wildman–Crippen LogP) is 3.61. The molecule has 1 fully saturated rings. The van der Waals surface area contributed by atoms with Crippen molar-refractivity contribution in [2.45, 2.75) is 25.8 Å². The number of nitrogens with one attached hydrogen (secondary N) is 1. The van der Waals surface area contributed by atoms with Gasteiger partial charge in [-0.25, -0.2) is 0 Å². The number of hydrogen-bond donors (Lipinski definition) is 1. The summed E-state index contributed by atoms with van der Waals surface area (Å²) in [5.74, 6) is 0.160. The van der Waals surface area contributed by atoms with Crippen LogP contribution in [0.15, 0.2) is 48.5 Å². The zero-order valence-corrected chi connectivity index (χ0v) is 11.0. The summed E-state index contributed by atoms with van der Waals surface area (Å²) >= 11 is 0. The van der Waals surface area contributed by atoms with Gasteiger partial charge in [-0.1, -0.05) is 54.1 Å². The lowest BCUT2D eigenvalue weighted by molar-refractivity contribution is -0.119. The Bertz CT molecular complexity index is 584. The van der Waals surface area contributed by atoms with Crippen molar-refractivity contribution >= 4 is 5.91 Å². The first-order valence-electron chi connectivity index (χ1n) is 6.69. The zero-order chi connectivity index (χ0) is 13.2. The number of benzene rings is 2. The van der Waals surface area contributed by atoms with E-state index >= 15 is 0 Å². The minimum atomic E-state index is 0.160. The van der Waals surface area contributed by atoms with Gasteiger partial charge in [0.15, 0.2) is 0 Å². The van der Waals surface area contributed by atoms with Crippen LogP contribution in [0.2, 0.25) is 0 Å². The van der Waals surface area contributed by atoms with Gasteiger partial charge in [0.2, 0.25) is 5.91 Å². The fraction of sp³-hybridized carbons (Fsp3) is 0.235. The first-order chi connectivity index (χ1) is 9.22. The van der Waals surface area contributed by atoms with Gasteiger partial charge in [0.05, 0.1) is 6.04 Å². The van der Waals surface area contributed by atoms with E-state index in [2.05, 4.69) is 60.8 Å². The summed E-state index contributed by atoms with van der Waals surface area (Å²) in [4.78, 5) is 11.2. The maximum absolute atomic E-state index is 11.2. The number of carbonyl (C=O) groups is 1. The number of hydrogen-bond acceptors (Lipinski definition) is 1. The smallest absolute Gasteiger partial charge is 0.220 e. The maximum atomic E-state index is 11.2. The molecule has 1 saturated heterocycles. The zero-order valence-electron chi connectivity index (χ0n) is 11.0. The third-order valence-electron chi connectivity index (χ3n) is 3.69. The lowest BCUT2D eigenvalue weighted by Gasteiger charge is -2.11. The molecule has 1 atom stereocenters. The molecule has 1 aliphatic rings. The SMILES string of the molecule is Cc1ccc(-c2ccc(C3CCC(=O)N3)cc2)cc1. The Morgan fingerprint density at radius 1 is 0.947 bits per heavy atom. The third-order valence-corrected chi connectivity index (χ3v) is 3.69. The van der Waals surface area contributed by atoms with Gasteiger partial charge < -0.3 is 5.32 Å². The lowest BCUT2D eigenvalue weighted by Crippen LogP contribution is -2.18. The Kier molecular flexibility index (Phi) is 3.08. The largest absolute Gasteiger partial charge is 0.349 e. The fourth-order valence-corrected chi connectivity index (χ4v) is 2.52. The highest BCUT2D eigenvalue weighted by molar-refractivity contribution is 5.78. The average Bonchev–Trinajstić information content (AvgIpc) is 2.87. The van der Waals surface area contributed by atoms with Crippen molar-refractivity contribution in [3.63, 3.8) is 0 Å². The van der Waals surface area contributed by atoms with Gasteiger partial charge >= 0.3 is 0 Å². The molecule has 0 spiro atoms. The monoisotopic (exact) mass is 251 g/mol. The van der Waals surface area contributed by atoms with Crippen LogP contribution in [0.4, 0.5) is 0 Å². The molecule has 2 nitrogen and oxygen atoms in total. The second kappa shape index (κ2) is 4.88. The van der Waals surface area contributed by atoms with Crippen LogP contribution in [0.1, 0.15) is 30.0 Å². The minimum absolute atomic E-state index is 0.160. The summed E-state index contributed by atoms with van der Waals surface area (Å²) < 4.78 is 0. The van der Waals surface area contributed by atoms with Gasteiger partial charge in [0.25, 0.3) is 0 Å². The standard InChI is InChI=1S/C17H17NO/c1-12-2-4-13(5-3-12)14-6-8-15(9-7-14)16-10-11-17(19)18-16/h2-9,16H,10-11H2,1H3,(H,18,19). The molecular formula is C17H17NO. The average molecular weight is 251 g/mol. The summed E-state index contributed by atoms with van der Waals surface area (Å²) in [6.45, 7) is 2.09. The minimum Gasteiger partial charge on any atom is -0.349 e. The molecule has 1 unspecified atom stereocenters. The number of amides is 1. The Morgan fingerprint density at radius 3 is 2.05 bits per heavy atom. The highest BCUT2D eigenvalue weighted by Gasteiger charge is 2.21. The van der Waals surface area contributed by atoms with E-state index in [1.807, 2.05) is 0 Å². The van der Waals surface area contributed by atoms with Gasteiger partial charge in [0.1, 0.15) is 0 Å². The lowest BCUT2D eigenvalue weighted by atomic mass is 9.99. The predicted molar refractivity (Wildman–Crippen MR) is 76.7 cm³/mol. The summed E-state index contributed by atoms with van der Waals surface area (Å²) in [6.07, 6.45) is 1.55. The summed E-state index contributed by atoms with van der Waals surface area (Å²) in [5.41, 5.74) is 4.91. The van der Waals surface area contributed by atoms with Crippen LogP contribution in [0.5, 0.6) is 0 Å². The van der Waals surface area contributed by atoms with E-state index in [4.69, 9.17) is 0 Å². The van der Waals surface area contributed by atoms with E-state index in [-0.39, 0.29) is 11.9 Å². The van der Waals surface area contributed by atoms with E-state index in [1.165, 1.54) is 22.3 Å². The molecule has 19 heavy (non-hydrogen) atoms. The first-order valence-corrected chi connectivity index (χ1v) is 6.69. The van der Waals surface area contributed by atoms with Crippen molar-refractivity contribution in [1.29, 1.82) is 0 Å². The Labute approximate surface area is 113 Å². The van der Waals surface area contributed by atoms with Crippen molar-refractivity contribution in [2.24, 2.45) is 0 Å². The van der Waals surface area contributed by atoms with E-state index in [0.29, 0.717) is 6.42 Å². The van der Waals surface area contributed by atoms with Crippen LogP contribution in [0.25, 0.3) is 11.1 Å². The van der Waals surface area contributed by atoms with Crippen molar-refractivity contribution < 1.29 is 4.79 Å². The van der Waals surface area contributed by atoms with Crippen molar-refractivity contribution in [1.82, 2.24) is 5.32 Å². The fourth-order valence-electron chi connectivity index (χ4n) is 2.52. The normalized spacial score (nSPS) is 18.4. The van der Waals surface area contributed by atoms with Crippen LogP contribution in [-0.4, -0.2) is 5.91 Å². The molecule has 2 aromatic rings. The Morgan fingerprint density at radius 2 is 1.53 bits per heavy atom. The molecule has 2 heteroatoms. The van der Waals surface area contributed by atoms with Gasteiger partial charge in [-0.2, -0.15) is 0 Å². The number of carbonyl (C=O) groups excluding carboxylic acids is 1. The Balaban J connectivity index is 1.82. The molecular weight excluding hydrogens is 234 g/mol. The number of aryl methyl sites for hydroxylation is 1. The van der Waals surface area contributed by atoms with Crippen LogP contribution in [0, 0.1) is 6.92 Å². The van der Waals surface area contributed by atoms with Crippen LogP contribution in [0.3, 0.4) is 0 Å². The van der Waals surface area contributed by atoms with Gasteiger partial charge in [-0.3, -0.25) is 4.79 Å². The van der Waals surface area contributed by atoms with Crippen LogP contribution >= 0.6 is 0 Å². The van der Waals surface area contributed by atoms with Gasteiger partial charge in [0, 0.05) is 6.42 Å². The second-order valence-electron chi connectivity index (χ2n) is 5.15. The van der Waals surface area contributed by atoms with Crippen LogP contribution < -0.4 is 5.32 Å². The van der Waals surface area contributed by atoms with Crippen molar-refractivity contribution in [3.8, 4) is 11.1 Å². The molecule has 1 heterocycles. The molecule has 0 bridgehead atoms. The highest BCUT2D eigenvalue weighted by Crippen LogP contribution is 2.26. The van der Waals surface area contributed by atoms with E-state index in [9.17, 15) is 4.79 Å². The van der Waals surface area contributed by atoms with Crippen molar-refractivity contribution in [3.05, 3.63) is 59.7 Å². The molecule has 2 aromatic carbocycles. The highest BCUT2D eigenvalue weighted by atomic mass is 16.1. The quantitative estimate of drug-likeness (QED) is 0.868. The topological polar surface area (TPSA) is 29.1 Å². The summed E-state index contributed by atoms with van der Waals surface area (Å²) in [6, 6.07) is 17.2. The molecule has 0 saturated carbocycles. The van der Waals surface area contributed by atoms with E-state index < -0.39 is 0 Å². The summed E-state index contributed by atoms with van der Waals surface area (Å²) in [5, 5.41) is 3.00. The maximum Gasteiger partial charge on any atom is 0.220 e. The molecule has 0 radical (unpaired) electrons. The second-order valence-corrected chi connectivity index (χ2v) is 5.15. The van der Waals surface area contributed by atoms with Gasteiger partial charge in [-0.05, 0) is 30.0 Å². The van der Waals surface area contributed by atoms with Gasteiger partial charge in [-0.15, -0.1) is 0 Å². The molecule has 0 aromatic heterocycles. The molecule has 0 aliphatic carbocycles. The number of rotatable bonds is 2. The molecule has 1 aliphatic heterocycles.